The lowest BCUT2D eigenvalue weighted by atomic mass is 9.98. The van der Waals surface area contributed by atoms with Gasteiger partial charge in [-0.15, -0.1) is 0 Å². The number of nitro groups is 1. The molecule has 0 amide bonds. The van der Waals surface area contributed by atoms with Crippen LogP contribution in [0.3, 0.4) is 0 Å². The second kappa shape index (κ2) is 4.81. The van der Waals surface area contributed by atoms with E-state index < -0.39 is 4.92 Å². The third-order valence-corrected chi connectivity index (χ3v) is 3.46. The highest BCUT2D eigenvalue weighted by Crippen LogP contribution is 2.30. The van der Waals surface area contributed by atoms with E-state index in [4.69, 9.17) is 11.5 Å². The number of nitrogens with two attached hydrogens (primary N) is 2. The van der Waals surface area contributed by atoms with Gasteiger partial charge in [-0.3, -0.25) is 10.1 Å². The van der Waals surface area contributed by atoms with Gasteiger partial charge >= 0.3 is 0 Å². The SMILES string of the molecule is CC1CC(N)CCN1c1ccc([N+](=O)[O-])c(N)c1. The fraction of sp³-hybridized carbons (Fsp3) is 0.500. The van der Waals surface area contributed by atoms with Crippen LogP contribution >= 0.6 is 0 Å². The number of nitro benzene ring substituents is 1. The van der Waals surface area contributed by atoms with E-state index in [1.807, 2.05) is 0 Å². The molecule has 0 aromatic heterocycles. The van der Waals surface area contributed by atoms with Crippen molar-refractivity contribution in [1.29, 1.82) is 0 Å². The molecule has 6 heteroatoms. The van der Waals surface area contributed by atoms with E-state index in [-0.39, 0.29) is 17.4 Å². The van der Waals surface area contributed by atoms with Crippen molar-refractivity contribution in [2.45, 2.75) is 31.8 Å². The van der Waals surface area contributed by atoms with Crippen molar-refractivity contribution in [3.05, 3.63) is 28.3 Å². The lowest BCUT2D eigenvalue weighted by Crippen LogP contribution is -2.45. The molecular weight excluding hydrogens is 232 g/mol. The van der Waals surface area contributed by atoms with Gasteiger partial charge in [0, 0.05) is 30.4 Å². The van der Waals surface area contributed by atoms with Crippen LogP contribution in [-0.2, 0) is 0 Å². The van der Waals surface area contributed by atoms with Crippen LogP contribution in [0, 0.1) is 10.1 Å². The van der Waals surface area contributed by atoms with Crippen LogP contribution in [-0.4, -0.2) is 23.6 Å². The molecule has 0 bridgehead atoms. The van der Waals surface area contributed by atoms with E-state index in [0.717, 1.165) is 25.1 Å². The first-order chi connectivity index (χ1) is 8.49. The predicted molar refractivity (Wildman–Crippen MR) is 71.5 cm³/mol. The van der Waals surface area contributed by atoms with Crippen molar-refractivity contribution in [3.63, 3.8) is 0 Å². The van der Waals surface area contributed by atoms with Crippen molar-refractivity contribution >= 4 is 17.1 Å². The van der Waals surface area contributed by atoms with Crippen LogP contribution in [0.1, 0.15) is 19.8 Å². The lowest BCUT2D eigenvalue weighted by molar-refractivity contribution is -0.383. The second-order valence-electron chi connectivity index (χ2n) is 4.83. The largest absolute Gasteiger partial charge is 0.393 e. The molecule has 1 heterocycles. The minimum Gasteiger partial charge on any atom is -0.393 e. The van der Waals surface area contributed by atoms with Crippen molar-refractivity contribution in [3.8, 4) is 0 Å². The van der Waals surface area contributed by atoms with Gasteiger partial charge in [-0.05, 0) is 31.9 Å². The summed E-state index contributed by atoms with van der Waals surface area (Å²) in [5.74, 6) is 0. The topological polar surface area (TPSA) is 98.4 Å². The molecule has 6 nitrogen and oxygen atoms in total. The van der Waals surface area contributed by atoms with Gasteiger partial charge in [0.05, 0.1) is 4.92 Å². The van der Waals surface area contributed by atoms with Crippen LogP contribution < -0.4 is 16.4 Å². The van der Waals surface area contributed by atoms with Gasteiger partial charge in [-0.2, -0.15) is 0 Å². The summed E-state index contributed by atoms with van der Waals surface area (Å²) in [6, 6.07) is 5.46. The van der Waals surface area contributed by atoms with Gasteiger partial charge in [0.25, 0.3) is 5.69 Å². The lowest BCUT2D eigenvalue weighted by Gasteiger charge is -2.38. The summed E-state index contributed by atoms with van der Waals surface area (Å²) >= 11 is 0. The minimum atomic E-state index is -0.464. The van der Waals surface area contributed by atoms with Crippen LogP contribution in [0.4, 0.5) is 17.1 Å². The number of anilines is 2. The Kier molecular flexibility index (Phi) is 3.38. The van der Waals surface area contributed by atoms with Crippen LogP contribution in [0.5, 0.6) is 0 Å². The van der Waals surface area contributed by atoms with Gasteiger partial charge in [-0.1, -0.05) is 0 Å². The number of piperidine rings is 1. The van der Waals surface area contributed by atoms with Crippen LogP contribution in [0.25, 0.3) is 0 Å². The molecule has 1 aliphatic heterocycles. The van der Waals surface area contributed by atoms with E-state index in [0.29, 0.717) is 6.04 Å². The maximum Gasteiger partial charge on any atom is 0.292 e. The smallest absolute Gasteiger partial charge is 0.292 e. The predicted octanol–water partition coefficient (Wildman–Crippen LogP) is 1.49. The highest BCUT2D eigenvalue weighted by molar-refractivity contribution is 5.67. The Morgan fingerprint density at radius 2 is 2.22 bits per heavy atom. The number of nitrogens with zero attached hydrogens (tertiary/aromatic N) is 2. The summed E-state index contributed by atoms with van der Waals surface area (Å²) in [4.78, 5) is 12.4. The van der Waals surface area contributed by atoms with E-state index >= 15 is 0 Å². The number of hydrogen-bond donors (Lipinski definition) is 2. The van der Waals surface area contributed by atoms with Crippen molar-refractivity contribution in [1.82, 2.24) is 0 Å². The van der Waals surface area contributed by atoms with E-state index in [1.165, 1.54) is 6.07 Å². The Morgan fingerprint density at radius 1 is 1.50 bits per heavy atom. The van der Waals surface area contributed by atoms with Crippen LogP contribution in [0.2, 0.25) is 0 Å². The van der Waals surface area contributed by atoms with Gasteiger partial charge in [-0.25, -0.2) is 0 Å². The maximum atomic E-state index is 10.7. The molecular formula is C12H18N4O2. The molecule has 0 saturated carbocycles. The van der Waals surface area contributed by atoms with E-state index in [1.54, 1.807) is 12.1 Å². The van der Waals surface area contributed by atoms with E-state index in [9.17, 15) is 10.1 Å². The normalized spacial score (nSPS) is 24.0. The molecule has 1 saturated heterocycles. The first kappa shape index (κ1) is 12.6. The minimum absolute atomic E-state index is 0.0416. The van der Waals surface area contributed by atoms with Crippen LogP contribution in [0.15, 0.2) is 18.2 Å². The molecule has 1 aromatic rings. The summed E-state index contributed by atoms with van der Waals surface area (Å²) < 4.78 is 0. The molecule has 4 N–H and O–H groups in total. The van der Waals surface area contributed by atoms with Crippen molar-refractivity contribution in [2.75, 3.05) is 17.2 Å². The van der Waals surface area contributed by atoms with Crippen molar-refractivity contribution in [2.24, 2.45) is 5.73 Å². The fourth-order valence-electron chi connectivity index (χ4n) is 2.48. The molecule has 1 aliphatic rings. The fourth-order valence-corrected chi connectivity index (χ4v) is 2.48. The Balaban J connectivity index is 2.24. The highest BCUT2D eigenvalue weighted by Gasteiger charge is 2.24. The first-order valence-electron chi connectivity index (χ1n) is 6.05. The molecule has 2 rings (SSSR count). The first-order valence-corrected chi connectivity index (χ1v) is 6.05. The molecule has 0 spiro atoms. The quantitative estimate of drug-likeness (QED) is 0.470. The summed E-state index contributed by atoms with van der Waals surface area (Å²) in [5, 5.41) is 10.7. The molecule has 98 valence electrons. The zero-order valence-corrected chi connectivity index (χ0v) is 10.4. The molecule has 18 heavy (non-hydrogen) atoms. The molecule has 2 unspecified atom stereocenters. The number of benzene rings is 1. The number of hydrogen-bond acceptors (Lipinski definition) is 5. The Labute approximate surface area is 106 Å². The standard InChI is InChI=1S/C12H18N4O2/c1-8-6-9(13)4-5-15(8)10-2-3-12(16(17)18)11(14)7-10/h2-3,7-9H,4-6,13-14H2,1H3. The molecule has 0 radical (unpaired) electrons. The van der Waals surface area contributed by atoms with Gasteiger partial charge in [0.2, 0.25) is 0 Å². The zero-order chi connectivity index (χ0) is 13.3. The zero-order valence-electron chi connectivity index (χ0n) is 10.4. The van der Waals surface area contributed by atoms with Gasteiger partial charge in [0.1, 0.15) is 5.69 Å². The Bertz CT molecular complexity index is 463. The number of rotatable bonds is 2. The average Bonchev–Trinajstić information content (AvgIpc) is 2.28. The molecule has 2 atom stereocenters. The summed E-state index contributed by atoms with van der Waals surface area (Å²) in [6.45, 7) is 2.97. The van der Waals surface area contributed by atoms with Crippen molar-refractivity contribution < 1.29 is 4.92 Å². The van der Waals surface area contributed by atoms with Gasteiger partial charge < -0.3 is 16.4 Å². The second-order valence-corrected chi connectivity index (χ2v) is 4.83. The summed E-state index contributed by atoms with van der Waals surface area (Å²) in [6.07, 6.45) is 1.86. The molecule has 1 aromatic carbocycles. The highest BCUT2D eigenvalue weighted by atomic mass is 16.6. The third kappa shape index (κ3) is 2.38. The summed E-state index contributed by atoms with van der Waals surface area (Å²) in [7, 11) is 0. The molecule has 1 fully saturated rings. The third-order valence-electron chi connectivity index (χ3n) is 3.46. The maximum absolute atomic E-state index is 10.7. The van der Waals surface area contributed by atoms with E-state index in [2.05, 4.69) is 11.8 Å². The van der Waals surface area contributed by atoms with Gasteiger partial charge in [0.15, 0.2) is 0 Å². The molecule has 0 aliphatic carbocycles. The average molecular weight is 250 g/mol. The Hall–Kier alpha value is -1.82. The number of nitrogen functional groups attached to an aromatic ring is 1. The monoisotopic (exact) mass is 250 g/mol. The summed E-state index contributed by atoms with van der Waals surface area (Å²) in [5.41, 5.74) is 12.7. The Morgan fingerprint density at radius 3 is 2.78 bits per heavy atom.